The Balaban J connectivity index is 1.88. The van der Waals surface area contributed by atoms with E-state index in [9.17, 15) is 19.1 Å². The zero-order chi connectivity index (χ0) is 19.6. The molecule has 7 heteroatoms. The number of ether oxygens (including phenoxy) is 1. The van der Waals surface area contributed by atoms with Crippen LogP contribution >= 0.6 is 0 Å². The number of nitrogens with one attached hydrogen (secondary N) is 2. The molecule has 0 aliphatic carbocycles. The predicted molar refractivity (Wildman–Crippen MR) is 98.9 cm³/mol. The van der Waals surface area contributed by atoms with Gasteiger partial charge in [-0.15, -0.1) is 0 Å². The molecule has 27 heavy (non-hydrogen) atoms. The van der Waals surface area contributed by atoms with Gasteiger partial charge < -0.3 is 20.5 Å². The van der Waals surface area contributed by atoms with Gasteiger partial charge in [0.25, 0.3) is 11.8 Å². The molecule has 2 amide bonds. The van der Waals surface area contributed by atoms with Gasteiger partial charge in [0.05, 0.1) is 11.7 Å². The van der Waals surface area contributed by atoms with Crippen molar-refractivity contribution in [1.82, 2.24) is 10.6 Å². The third-order valence-electron chi connectivity index (χ3n) is 3.90. The van der Waals surface area contributed by atoms with Crippen molar-refractivity contribution in [3.8, 4) is 0 Å². The van der Waals surface area contributed by atoms with Gasteiger partial charge in [0, 0.05) is 25.3 Å². The molecule has 3 N–H and O–H groups in total. The Morgan fingerprint density at radius 1 is 1.00 bits per heavy atom. The second kappa shape index (κ2) is 10.4. The molecule has 0 aromatic heterocycles. The highest BCUT2D eigenvalue weighted by Crippen LogP contribution is 2.07. The van der Waals surface area contributed by atoms with Crippen LogP contribution in [-0.4, -0.2) is 48.8 Å². The number of amides is 2. The molecule has 2 rings (SSSR count). The van der Waals surface area contributed by atoms with E-state index in [4.69, 9.17) is 4.74 Å². The number of halogens is 1. The maximum atomic E-state index is 13.7. The molecule has 0 aliphatic heterocycles. The van der Waals surface area contributed by atoms with E-state index < -0.39 is 23.9 Å². The molecular weight excluding hydrogens is 351 g/mol. The molecule has 6 nitrogen and oxygen atoms in total. The van der Waals surface area contributed by atoms with Crippen molar-refractivity contribution in [3.05, 3.63) is 71.5 Å². The van der Waals surface area contributed by atoms with Crippen LogP contribution in [0.1, 0.15) is 27.6 Å². The summed E-state index contributed by atoms with van der Waals surface area (Å²) in [7, 11) is 0. The maximum Gasteiger partial charge on any atom is 0.254 e. The first kappa shape index (κ1) is 20.5. The summed E-state index contributed by atoms with van der Waals surface area (Å²) in [5, 5.41) is 15.5. The molecule has 2 aromatic carbocycles. The highest BCUT2D eigenvalue weighted by molar-refractivity contribution is 5.94. The quantitative estimate of drug-likeness (QED) is 0.624. The van der Waals surface area contributed by atoms with E-state index in [0.29, 0.717) is 12.2 Å². The van der Waals surface area contributed by atoms with Crippen molar-refractivity contribution < 1.29 is 23.8 Å². The molecule has 144 valence electrons. The van der Waals surface area contributed by atoms with Crippen LogP contribution in [-0.2, 0) is 4.74 Å². The Labute approximate surface area is 157 Å². The summed E-state index contributed by atoms with van der Waals surface area (Å²) in [5.41, 5.74) is 0.394. The smallest absolute Gasteiger partial charge is 0.254 e. The Bertz CT molecular complexity index is 755. The van der Waals surface area contributed by atoms with E-state index >= 15 is 0 Å². The fraction of sp³-hybridized carbons (Fsp3) is 0.300. The van der Waals surface area contributed by atoms with Gasteiger partial charge in [-0.2, -0.15) is 0 Å². The normalized spacial score (nSPS) is 12.9. The van der Waals surface area contributed by atoms with Crippen LogP contribution in [0, 0.1) is 5.82 Å². The Morgan fingerprint density at radius 3 is 2.30 bits per heavy atom. The van der Waals surface area contributed by atoms with Crippen molar-refractivity contribution in [2.45, 2.75) is 19.1 Å². The minimum absolute atomic E-state index is 0.0244. The molecule has 0 fully saturated rings. The minimum Gasteiger partial charge on any atom is -0.388 e. The van der Waals surface area contributed by atoms with Gasteiger partial charge in [0.15, 0.2) is 0 Å². The predicted octanol–water partition coefficient (Wildman–Crippen LogP) is 1.75. The van der Waals surface area contributed by atoms with Crippen LogP contribution in [0.2, 0.25) is 0 Å². The molecule has 0 heterocycles. The van der Waals surface area contributed by atoms with E-state index in [1.54, 1.807) is 43.3 Å². The van der Waals surface area contributed by atoms with Gasteiger partial charge in [-0.25, -0.2) is 4.39 Å². The lowest BCUT2D eigenvalue weighted by atomic mass is 10.1. The van der Waals surface area contributed by atoms with Crippen molar-refractivity contribution in [1.29, 1.82) is 0 Å². The number of aliphatic hydroxyl groups excluding tert-OH is 1. The van der Waals surface area contributed by atoms with Crippen LogP contribution < -0.4 is 10.6 Å². The van der Waals surface area contributed by atoms with Gasteiger partial charge in [0.2, 0.25) is 0 Å². The summed E-state index contributed by atoms with van der Waals surface area (Å²) >= 11 is 0. The summed E-state index contributed by atoms with van der Waals surface area (Å²) < 4.78 is 19.1. The number of benzene rings is 2. The van der Waals surface area contributed by atoms with Crippen molar-refractivity contribution in [3.63, 3.8) is 0 Å². The van der Waals surface area contributed by atoms with Crippen LogP contribution in [0.5, 0.6) is 0 Å². The van der Waals surface area contributed by atoms with E-state index in [-0.39, 0.29) is 24.6 Å². The Hall–Kier alpha value is -2.77. The van der Waals surface area contributed by atoms with Crippen LogP contribution in [0.4, 0.5) is 4.39 Å². The number of rotatable bonds is 9. The fourth-order valence-corrected chi connectivity index (χ4v) is 2.47. The molecule has 0 aliphatic rings. The lowest BCUT2D eigenvalue weighted by Crippen LogP contribution is -2.46. The number of hydrogen-bond donors (Lipinski definition) is 3. The molecule has 0 radical (unpaired) electrons. The molecule has 0 saturated heterocycles. The van der Waals surface area contributed by atoms with Gasteiger partial charge in [0.1, 0.15) is 11.9 Å². The fourth-order valence-electron chi connectivity index (χ4n) is 2.47. The van der Waals surface area contributed by atoms with E-state index in [1.807, 2.05) is 0 Å². The van der Waals surface area contributed by atoms with Crippen molar-refractivity contribution >= 4 is 11.8 Å². The van der Waals surface area contributed by atoms with Crippen LogP contribution in [0.25, 0.3) is 0 Å². The minimum atomic E-state index is -1.04. The first-order valence-electron chi connectivity index (χ1n) is 8.68. The summed E-state index contributed by atoms with van der Waals surface area (Å²) in [4.78, 5) is 24.1. The molecule has 2 atom stereocenters. The topological polar surface area (TPSA) is 87.7 Å². The summed E-state index contributed by atoms with van der Waals surface area (Å²) in [5.74, 6) is -1.54. The van der Waals surface area contributed by atoms with Gasteiger partial charge >= 0.3 is 0 Å². The number of carbonyl (C=O) groups is 2. The Morgan fingerprint density at radius 2 is 1.63 bits per heavy atom. The second-order valence-electron chi connectivity index (χ2n) is 5.83. The number of aliphatic hydroxyl groups is 1. The first-order chi connectivity index (χ1) is 13.0. The Kier molecular flexibility index (Phi) is 7.91. The third-order valence-corrected chi connectivity index (χ3v) is 3.90. The summed E-state index contributed by atoms with van der Waals surface area (Å²) in [6.45, 7) is 1.99. The largest absolute Gasteiger partial charge is 0.388 e. The number of hydrogen-bond acceptors (Lipinski definition) is 4. The zero-order valence-electron chi connectivity index (χ0n) is 15.0. The lowest BCUT2D eigenvalue weighted by Gasteiger charge is -2.23. The highest BCUT2D eigenvalue weighted by Gasteiger charge is 2.22. The third kappa shape index (κ3) is 6.16. The number of carbonyl (C=O) groups excluding carboxylic acids is 2. The summed E-state index contributed by atoms with van der Waals surface area (Å²) in [6, 6.07) is 14.2. The highest BCUT2D eigenvalue weighted by atomic mass is 19.1. The monoisotopic (exact) mass is 374 g/mol. The average molecular weight is 374 g/mol. The standard InChI is InChI=1S/C20H23FN2O4/c1-2-27-18(13-23-20(26)15-10-6-7-11-16(15)21)17(24)12-22-19(25)14-8-4-3-5-9-14/h3-11,17-18,24H,2,12-13H2,1H3,(H,22,25)(H,23,26)/t17-,18+/m0/s1. The van der Waals surface area contributed by atoms with Gasteiger partial charge in [-0.3, -0.25) is 9.59 Å². The lowest BCUT2D eigenvalue weighted by molar-refractivity contribution is -0.0287. The van der Waals surface area contributed by atoms with E-state index in [1.165, 1.54) is 18.2 Å². The van der Waals surface area contributed by atoms with Gasteiger partial charge in [-0.05, 0) is 31.2 Å². The summed E-state index contributed by atoms with van der Waals surface area (Å²) in [6.07, 6.45) is -1.79. The average Bonchev–Trinajstić information content (AvgIpc) is 2.69. The second-order valence-corrected chi connectivity index (χ2v) is 5.83. The SMILES string of the molecule is CCO[C@H](CNC(=O)c1ccccc1F)[C@@H](O)CNC(=O)c1ccccc1. The zero-order valence-corrected chi connectivity index (χ0v) is 15.0. The molecule has 2 aromatic rings. The molecule has 0 saturated carbocycles. The molecular formula is C20H23FN2O4. The van der Waals surface area contributed by atoms with Crippen molar-refractivity contribution in [2.24, 2.45) is 0 Å². The van der Waals surface area contributed by atoms with E-state index in [0.717, 1.165) is 0 Å². The molecule has 0 unspecified atom stereocenters. The van der Waals surface area contributed by atoms with Gasteiger partial charge in [-0.1, -0.05) is 30.3 Å². The van der Waals surface area contributed by atoms with Crippen molar-refractivity contribution in [2.75, 3.05) is 19.7 Å². The van der Waals surface area contributed by atoms with E-state index in [2.05, 4.69) is 10.6 Å². The van der Waals surface area contributed by atoms with Crippen LogP contribution in [0.3, 0.4) is 0 Å². The molecule has 0 bridgehead atoms. The molecule has 0 spiro atoms. The maximum absolute atomic E-state index is 13.7. The van der Waals surface area contributed by atoms with Crippen LogP contribution in [0.15, 0.2) is 54.6 Å². The first-order valence-corrected chi connectivity index (χ1v) is 8.68.